The first-order valence-electron chi connectivity index (χ1n) is 10.3. The SMILES string of the molecule is COc1ccc(C(=O)NC2CCN(C(=O)OC(C)(C)C)C[C@H]2c2ccc(Br)cc2)cc1. The van der Waals surface area contributed by atoms with Crippen LogP contribution in [0.2, 0.25) is 0 Å². The average molecular weight is 489 g/mol. The van der Waals surface area contributed by atoms with Crippen LogP contribution in [0.5, 0.6) is 5.75 Å². The van der Waals surface area contributed by atoms with Gasteiger partial charge in [-0.15, -0.1) is 0 Å². The third kappa shape index (κ3) is 6.23. The smallest absolute Gasteiger partial charge is 0.410 e. The molecule has 1 aliphatic heterocycles. The number of carbonyl (C=O) groups excluding carboxylic acids is 2. The van der Waals surface area contributed by atoms with E-state index in [1.165, 1.54) is 0 Å². The van der Waals surface area contributed by atoms with Crippen LogP contribution in [-0.4, -0.2) is 48.7 Å². The first kappa shape index (κ1) is 23.1. The summed E-state index contributed by atoms with van der Waals surface area (Å²) in [6.07, 6.45) is 0.316. The van der Waals surface area contributed by atoms with Crippen molar-refractivity contribution in [2.45, 2.75) is 44.8 Å². The summed E-state index contributed by atoms with van der Waals surface area (Å²) in [4.78, 5) is 27.3. The standard InChI is InChI=1S/C24H29BrN2O4/c1-24(2,3)31-23(29)27-14-13-21(20(15-27)16-5-9-18(25)10-6-16)26-22(28)17-7-11-19(30-4)12-8-17/h5-12,20-21H,13-15H2,1-4H3,(H,26,28)/t20-,21?/m0/s1. The predicted octanol–water partition coefficient (Wildman–Crippen LogP) is 4.98. The molecule has 0 aromatic heterocycles. The first-order valence-corrected chi connectivity index (χ1v) is 11.1. The molecule has 1 aliphatic rings. The third-order valence-corrected chi connectivity index (χ3v) is 5.76. The van der Waals surface area contributed by atoms with Gasteiger partial charge in [-0.25, -0.2) is 4.79 Å². The minimum atomic E-state index is -0.552. The van der Waals surface area contributed by atoms with Crippen molar-refractivity contribution in [2.75, 3.05) is 20.2 Å². The second-order valence-electron chi connectivity index (χ2n) is 8.68. The Balaban J connectivity index is 1.78. The fraction of sp³-hybridized carbons (Fsp3) is 0.417. The number of benzene rings is 2. The van der Waals surface area contributed by atoms with Crippen molar-refractivity contribution in [3.05, 3.63) is 64.1 Å². The molecular weight excluding hydrogens is 460 g/mol. The molecule has 2 aromatic rings. The number of amides is 2. The molecule has 0 spiro atoms. The fourth-order valence-corrected chi connectivity index (χ4v) is 3.92. The maximum atomic E-state index is 12.9. The zero-order valence-electron chi connectivity index (χ0n) is 18.4. The number of rotatable bonds is 4. The fourth-order valence-electron chi connectivity index (χ4n) is 3.66. The van der Waals surface area contributed by atoms with Gasteiger partial charge >= 0.3 is 6.09 Å². The summed E-state index contributed by atoms with van der Waals surface area (Å²) in [5, 5.41) is 3.17. The van der Waals surface area contributed by atoms with Crippen LogP contribution in [0.3, 0.4) is 0 Å². The highest BCUT2D eigenvalue weighted by atomic mass is 79.9. The third-order valence-electron chi connectivity index (χ3n) is 5.23. The lowest BCUT2D eigenvalue weighted by Gasteiger charge is -2.39. The molecule has 1 unspecified atom stereocenters. The van der Waals surface area contributed by atoms with Gasteiger partial charge in [0.1, 0.15) is 11.4 Å². The molecule has 0 radical (unpaired) electrons. The summed E-state index contributed by atoms with van der Waals surface area (Å²) >= 11 is 3.47. The van der Waals surface area contributed by atoms with Gasteiger partial charge in [-0.05, 0) is 69.2 Å². The van der Waals surface area contributed by atoms with Crippen molar-refractivity contribution in [3.63, 3.8) is 0 Å². The lowest BCUT2D eigenvalue weighted by Crippen LogP contribution is -2.52. The number of ether oxygens (including phenoxy) is 2. The Kier molecular flexibility index (Phi) is 7.26. The van der Waals surface area contributed by atoms with E-state index in [0.29, 0.717) is 30.8 Å². The summed E-state index contributed by atoms with van der Waals surface area (Å²) in [6.45, 7) is 6.58. The largest absolute Gasteiger partial charge is 0.497 e. The van der Waals surface area contributed by atoms with Crippen LogP contribution in [0.25, 0.3) is 0 Å². The molecule has 1 heterocycles. The molecule has 0 aliphatic carbocycles. The van der Waals surface area contributed by atoms with E-state index in [1.807, 2.05) is 45.0 Å². The molecule has 1 fully saturated rings. The van der Waals surface area contributed by atoms with Crippen molar-refractivity contribution < 1.29 is 19.1 Å². The predicted molar refractivity (Wildman–Crippen MR) is 124 cm³/mol. The second-order valence-corrected chi connectivity index (χ2v) is 9.60. The van der Waals surface area contributed by atoms with Crippen molar-refractivity contribution >= 4 is 27.9 Å². The molecule has 0 saturated carbocycles. The summed E-state index contributed by atoms with van der Waals surface area (Å²) in [6, 6.07) is 14.9. The number of piperidine rings is 1. The molecule has 2 amide bonds. The lowest BCUT2D eigenvalue weighted by molar-refractivity contribution is 0.0177. The molecular formula is C24H29BrN2O4. The number of nitrogens with zero attached hydrogens (tertiary/aromatic N) is 1. The quantitative estimate of drug-likeness (QED) is 0.658. The maximum Gasteiger partial charge on any atom is 0.410 e. The molecule has 0 bridgehead atoms. The van der Waals surface area contributed by atoms with Crippen LogP contribution in [0, 0.1) is 0 Å². The van der Waals surface area contributed by atoms with Crippen molar-refractivity contribution in [1.29, 1.82) is 0 Å². The van der Waals surface area contributed by atoms with E-state index in [-0.39, 0.29) is 24.0 Å². The number of hydrogen-bond acceptors (Lipinski definition) is 4. The Morgan fingerprint density at radius 2 is 1.71 bits per heavy atom. The summed E-state index contributed by atoms with van der Waals surface area (Å²) < 4.78 is 11.7. The van der Waals surface area contributed by atoms with E-state index in [9.17, 15) is 9.59 Å². The molecule has 7 heteroatoms. The molecule has 1 N–H and O–H groups in total. The van der Waals surface area contributed by atoms with Crippen LogP contribution in [0.4, 0.5) is 4.79 Å². The van der Waals surface area contributed by atoms with Crippen LogP contribution >= 0.6 is 15.9 Å². The molecule has 31 heavy (non-hydrogen) atoms. The van der Waals surface area contributed by atoms with Crippen molar-refractivity contribution in [2.24, 2.45) is 0 Å². The van der Waals surface area contributed by atoms with Crippen LogP contribution in [0.1, 0.15) is 49.0 Å². The number of carbonyl (C=O) groups is 2. The normalized spacial score (nSPS) is 18.9. The van der Waals surface area contributed by atoms with Crippen molar-refractivity contribution in [1.82, 2.24) is 10.2 Å². The van der Waals surface area contributed by atoms with Gasteiger partial charge in [-0.1, -0.05) is 28.1 Å². The van der Waals surface area contributed by atoms with E-state index in [4.69, 9.17) is 9.47 Å². The van der Waals surface area contributed by atoms with E-state index >= 15 is 0 Å². The van der Waals surface area contributed by atoms with Gasteiger partial charge in [0.2, 0.25) is 0 Å². The molecule has 166 valence electrons. The Hall–Kier alpha value is -2.54. The minimum absolute atomic E-state index is 0.0448. The molecule has 2 atom stereocenters. The minimum Gasteiger partial charge on any atom is -0.497 e. The second kappa shape index (κ2) is 9.73. The van der Waals surface area contributed by atoms with Gasteiger partial charge in [-0.2, -0.15) is 0 Å². The highest BCUT2D eigenvalue weighted by Crippen LogP contribution is 2.30. The lowest BCUT2D eigenvalue weighted by atomic mass is 9.86. The summed E-state index contributed by atoms with van der Waals surface area (Å²) in [5.74, 6) is 0.520. The number of hydrogen-bond donors (Lipinski definition) is 1. The van der Waals surface area contributed by atoms with Crippen LogP contribution in [-0.2, 0) is 4.74 Å². The average Bonchev–Trinajstić information content (AvgIpc) is 2.73. The van der Waals surface area contributed by atoms with Crippen LogP contribution < -0.4 is 10.1 Å². The van der Waals surface area contributed by atoms with E-state index < -0.39 is 5.60 Å². The zero-order valence-corrected chi connectivity index (χ0v) is 19.9. The molecule has 1 saturated heterocycles. The first-order chi connectivity index (χ1) is 14.7. The Labute approximate surface area is 192 Å². The van der Waals surface area contributed by atoms with Crippen molar-refractivity contribution in [3.8, 4) is 5.75 Å². The highest BCUT2D eigenvalue weighted by molar-refractivity contribution is 9.10. The maximum absolute atomic E-state index is 12.9. The topological polar surface area (TPSA) is 67.9 Å². The Morgan fingerprint density at radius 3 is 2.29 bits per heavy atom. The Bertz CT molecular complexity index is 907. The number of methoxy groups -OCH3 is 1. The van der Waals surface area contributed by atoms with Gasteiger partial charge in [0.05, 0.1) is 7.11 Å². The van der Waals surface area contributed by atoms with Gasteiger partial charge in [0.25, 0.3) is 5.91 Å². The Morgan fingerprint density at radius 1 is 1.06 bits per heavy atom. The molecule has 6 nitrogen and oxygen atoms in total. The monoisotopic (exact) mass is 488 g/mol. The molecule has 2 aromatic carbocycles. The van der Waals surface area contributed by atoms with Crippen LogP contribution in [0.15, 0.2) is 53.0 Å². The van der Waals surface area contributed by atoms with Gasteiger partial charge in [-0.3, -0.25) is 4.79 Å². The summed E-state index contributed by atoms with van der Waals surface area (Å²) in [7, 11) is 1.59. The van der Waals surface area contributed by atoms with E-state index in [1.54, 1.807) is 36.3 Å². The van der Waals surface area contributed by atoms with Gasteiger partial charge < -0.3 is 19.7 Å². The van der Waals surface area contributed by atoms with E-state index in [0.717, 1.165) is 10.0 Å². The highest BCUT2D eigenvalue weighted by Gasteiger charge is 2.35. The van der Waals surface area contributed by atoms with Gasteiger partial charge in [0.15, 0.2) is 0 Å². The number of nitrogens with one attached hydrogen (secondary N) is 1. The zero-order chi connectivity index (χ0) is 22.6. The number of halogens is 1. The van der Waals surface area contributed by atoms with Gasteiger partial charge in [0, 0.05) is 35.1 Å². The molecule has 3 rings (SSSR count). The van der Waals surface area contributed by atoms with E-state index in [2.05, 4.69) is 21.2 Å². The number of likely N-dealkylation sites (tertiary alicyclic amines) is 1. The summed E-state index contributed by atoms with van der Waals surface area (Å²) in [5.41, 5.74) is 1.09.